The average Bonchev–Trinajstić information content (AvgIpc) is 2.91. The molecule has 4 aromatic rings. The first-order valence-corrected chi connectivity index (χ1v) is 7.60. The summed E-state index contributed by atoms with van der Waals surface area (Å²) in [6.07, 6.45) is 0.124. The van der Waals surface area contributed by atoms with E-state index < -0.39 is 11.6 Å². The number of halogens is 2. The number of imidazole rings is 1. The Balaban J connectivity index is 1.95. The predicted octanol–water partition coefficient (Wildman–Crippen LogP) is 3.96. The van der Waals surface area contributed by atoms with Crippen LogP contribution in [-0.2, 0) is 6.42 Å². The third-order valence-corrected chi connectivity index (χ3v) is 4.32. The van der Waals surface area contributed by atoms with Gasteiger partial charge < -0.3 is 4.98 Å². The number of para-hydroxylation sites is 2. The van der Waals surface area contributed by atoms with Crippen molar-refractivity contribution >= 4 is 16.7 Å². The molecular weight excluding hydrogens is 310 g/mol. The highest BCUT2D eigenvalue weighted by Gasteiger charge is 2.14. The van der Waals surface area contributed by atoms with Crippen LogP contribution in [0.3, 0.4) is 0 Å². The van der Waals surface area contributed by atoms with Crippen molar-refractivity contribution in [1.82, 2.24) is 9.38 Å². The summed E-state index contributed by atoms with van der Waals surface area (Å²) in [5.41, 5.74) is 3.72. The Morgan fingerprint density at radius 2 is 1.88 bits per heavy atom. The molecule has 5 heteroatoms. The zero-order valence-corrected chi connectivity index (χ0v) is 12.9. The summed E-state index contributed by atoms with van der Waals surface area (Å²) in [4.78, 5) is 16.2. The molecule has 0 saturated heterocycles. The number of benzene rings is 2. The van der Waals surface area contributed by atoms with Crippen molar-refractivity contribution in [2.75, 3.05) is 0 Å². The zero-order chi connectivity index (χ0) is 16.8. The standard InChI is InChI=1S/C19H14F2N2O/c1-11-8-18-22-16-4-2-3-5-17(16)23(18)19(24)14(11)9-12-6-7-13(20)10-15(12)21/h2-8,10,22H,9H2,1H3. The van der Waals surface area contributed by atoms with Gasteiger partial charge in [-0.1, -0.05) is 18.2 Å². The lowest BCUT2D eigenvalue weighted by molar-refractivity contribution is 0.574. The van der Waals surface area contributed by atoms with Crippen LogP contribution in [0.5, 0.6) is 0 Å². The third kappa shape index (κ3) is 2.21. The van der Waals surface area contributed by atoms with Crippen LogP contribution in [0.25, 0.3) is 16.7 Å². The monoisotopic (exact) mass is 324 g/mol. The molecule has 0 saturated carbocycles. The molecule has 0 unspecified atom stereocenters. The Morgan fingerprint density at radius 3 is 2.67 bits per heavy atom. The highest BCUT2D eigenvalue weighted by Crippen LogP contribution is 2.19. The normalized spacial score (nSPS) is 11.5. The fraction of sp³-hybridized carbons (Fsp3) is 0.105. The lowest BCUT2D eigenvalue weighted by atomic mass is 10.0. The van der Waals surface area contributed by atoms with Crippen molar-refractivity contribution in [3.05, 3.63) is 87.2 Å². The maximum Gasteiger partial charge on any atom is 0.260 e. The van der Waals surface area contributed by atoms with E-state index in [-0.39, 0.29) is 12.0 Å². The first-order valence-electron chi connectivity index (χ1n) is 7.60. The average molecular weight is 324 g/mol. The number of aromatic nitrogens is 2. The minimum absolute atomic E-state index is 0.124. The van der Waals surface area contributed by atoms with Gasteiger partial charge in [-0.25, -0.2) is 8.78 Å². The van der Waals surface area contributed by atoms with Crippen LogP contribution in [0.15, 0.2) is 53.3 Å². The summed E-state index contributed by atoms with van der Waals surface area (Å²) in [5.74, 6) is -1.27. The van der Waals surface area contributed by atoms with Crippen LogP contribution in [-0.4, -0.2) is 9.38 Å². The molecule has 0 amide bonds. The van der Waals surface area contributed by atoms with Crippen molar-refractivity contribution in [2.45, 2.75) is 13.3 Å². The Hall–Kier alpha value is -2.95. The van der Waals surface area contributed by atoms with Gasteiger partial charge in [0.2, 0.25) is 0 Å². The molecule has 2 heterocycles. The molecule has 0 aliphatic heterocycles. The molecule has 2 aromatic heterocycles. The van der Waals surface area contributed by atoms with Gasteiger partial charge in [0, 0.05) is 18.1 Å². The molecule has 0 aliphatic carbocycles. The van der Waals surface area contributed by atoms with Crippen molar-refractivity contribution in [3.8, 4) is 0 Å². The van der Waals surface area contributed by atoms with Gasteiger partial charge in [0.15, 0.2) is 0 Å². The van der Waals surface area contributed by atoms with Gasteiger partial charge >= 0.3 is 0 Å². The minimum atomic E-state index is -0.641. The summed E-state index contributed by atoms with van der Waals surface area (Å²) in [7, 11) is 0. The lowest BCUT2D eigenvalue weighted by Crippen LogP contribution is -2.19. The van der Waals surface area contributed by atoms with Crippen LogP contribution in [0.4, 0.5) is 8.78 Å². The first-order chi connectivity index (χ1) is 11.5. The number of nitrogens with zero attached hydrogens (tertiary/aromatic N) is 1. The predicted molar refractivity (Wildman–Crippen MR) is 89.4 cm³/mol. The fourth-order valence-electron chi connectivity index (χ4n) is 3.08. The van der Waals surface area contributed by atoms with Gasteiger partial charge in [-0.3, -0.25) is 9.20 Å². The lowest BCUT2D eigenvalue weighted by Gasteiger charge is -2.08. The molecule has 0 spiro atoms. The Morgan fingerprint density at radius 1 is 1.08 bits per heavy atom. The molecule has 0 fully saturated rings. The molecule has 120 valence electrons. The number of hydrogen-bond acceptors (Lipinski definition) is 1. The van der Waals surface area contributed by atoms with E-state index in [2.05, 4.69) is 4.98 Å². The summed E-state index contributed by atoms with van der Waals surface area (Å²) >= 11 is 0. The zero-order valence-electron chi connectivity index (χ0n) is 12.9. The Labute approximate surface area is 136 Å². The van der Waals surface area contributed by atoms with Crippen molar-refractivity contribution in [3.63, 3.8) is 0 Å². The van der Waals surface area contributed by atoms with E-state index in [1.54, 1.807) is 4.40 Å². The van der Waals surface area contributed by atoms with Crippen molar-refractivity contribution < 1.29 is 8.78 Å². The van der Waals surface area contributed by atoms with E-state index in [0.29, 0.717) is 16.8 Å². The van der Waals surface area contributed by atoms with Gasteiger partial charge in [-0.15, -0.1) is 0 Å². The molecular formula is C19H14F2N2O. The largest absolute Gasteiger partial charge is 0.340 e. The number of aryl methyl sites for hydroxylation is 1. The smallest absolute Gasteiger partial charge is 0.260 e. The van der Waals surface area contributed by atoms with E-state index in [9.17, 15) is 13.6 Å². The highest BCUT2D eigenvalue weighted by atomic mass is 19.1. The van der Waals surface area contributed by atoms with Gasteiger partial charge in [0.25, 0.3) is 5.56 Å². The molecule has 4 rings (SSSR count). The van der Waals surface area contributed by atoms with E-state index >= 15 is 0 Å². The van der Waals surface area contributed by atoms with Crippen molar-refractivity contribution in [2.24, 2.45) is 0 Å². The minimum Gasteiger partial charge on any atom is -0.340 e. The van der Waals surface area contributed by atoms with Crippen LogP contribution >= 0.6 is 0 Å². The topological polar surface area (TPSA) is 37.3 Å². The summed E-state index contributed by atoms with van der Waals surface area (Å²) in [6, 6.07) is 12.8. The number of pyridine rings is 1. The third-order valence-electron chi connectivity index (χ3n) is 4.32. The number of aromatic amines is 1. The van der Waals surface area contributed by atoms with Crippen LogP contribution in [0.2, 0.25) is 0 Å². The molecule has 0 aliphatic rings. The molecule has 0 radical (unpaired) electrons. The van der Waals surface area contributed by atoms with E-state index in [1.807, 2.05) is 37.3 Å². The molecule has 2 aromatic carbocycles. The molecule has 1 N–H and O–H groups in total. The molecule has 24 heavy (non-hydrogen) atoms. The summed E-state index contributed by atoms with van der Waals surface area (Å²) in [6.45, 7) is 1.82. The van der Waals surface area contributed by atoms with E-state index in [0.717, 1.165) is 22.7 Å². The van der Waals surface area contributed by atoms with Crippen LogP contribution in [0.1, 0.15) is 16.7 Å². The SMILES string of the molecule is Cc1cc2[nH]c3ccccc3n2c(=O)c1Cc1ccc(F)cc1F. The number of nitrogens with one attached hydrogen (secondary N) is 1. The maximum absolute atomic E-state index is 14.0. The maximum atomic E-state index is 14.0. The van der Waals surface area contributed by atoms with E-state index in [1.165, 1.54) is 12.1 Å². The molecule has 0 bridgehead atoms. The fourth-order valence-corrected chi connectivity index (χ4v) is 3.08. The Bertz CT molecular complexity index is 1140. The Kier molecular flexibility index (Phi) is 3.23. The second-order valence-corrected chi connectivity index (χ2v) is 5.89. The van der Waals surface area contributed by atoms with Crippen LogP contribution in [0, 0.1) is 18.6 Å². The van der Waals surface area contributed by atoms with Gasteiger partial charge in [0.1, 0.15) is 17.3 Å². The quantitative estimate of drug-likeness (QED) is 0.595. The number of H-pyrrole nitrogens is 1. The second-order valence-electron chi connectivity index (χ2n) is 5.89. The van der Waals surface area contributed by atoms with Gasteiger partial charge in [-0.05, 0) is 42.3 Å². The van der Waals surface area contributed by atoms with Crippen molar-refractivity contribution in [1.29, 1.82) is 0 Å². The molecule has 3 nitrogen and oxygen atoms in total. The first kappa shape index (κ1) is 14.6. The number of fused-ring (bicyclic) bond motifs is 3. The number of rotatable bonds is 2. The van der Waals surface area contributed by atoms with E-state index in [4.69, 9.17) is 0 Å². The van der Waals surface area contributed by atoms with Crippen LogP contribution < -0.4 is 5.56 Å². The summed E-state index contributed by atoms with van der Waals surface area (Å²) in [5, 5.41) is 0. The second kappa shape index (κ2) is 5.30. The van der Waals surface area contributed by atoms with Gasteiger partial charge in [-0.2, -0.15) is 0 Å². The number of hydrogen-bond donors (Lipinski definition) is 1. The highest BCUT2D eigenvalue weighted by molar-refractivity contribution is 5.80. The molecule has 0 atom stereocenters. The van der Waals surface area contributed by atoms with Gasteiger partial charge in [0.05, 0.1) is 11.0 Å². The summed E-state index contributed by atoms with van der Waals surface area (Å²) < 4.78 is 28.6.